The van der Waals surface area contributed by atoms with E-state index in [-0.39, 0.29) is 39.3 Å². The molecular weight excluding hydrogens is 716 g/mol. The van der Waals surface area contributed by atoms with Crippen molar-refractivity contribution >= 4 is 52.9 Å². The van der Waals surface area contributed by atoms with Crippen molar-refractivity contribution in [1.29, 1.82) is 0 Å². The molecular formula is C27H41CrN6O16. The van der Waals surface area contributed by atoms with Crippen LogP contribution in [0.1, 0.15) is 0 Å². The second-order valence-corrected chi connectivity index (χ2v) is 8.18. The van der Waals surface area contributed by atoms with Gasteiger partial charge < -0.3 is 96.0 Å². The predicted octanol–water partition coefficient (Wildman–Crippen LogP) is -12.1. The van der Waals surface area contributed by atoms with Crippen LogP contribution in [0.3, 0.4) is 0 Å². The van der Waals surface area contributed by atoms with Crippen molar-refractivity contribution < 1.29 is 114 Å². The Morgan fingerprint density at radius 3 is 0.560 bits per heavy atom. The summed E-state index contributed by atoms with van der Waals surface area (Å²) in [5.74, 6) is -13.1. The summed E-state index contributed by atoms with van der Waals surface area (Å²) in [4.78, 5) is 68.6. The van der Waals surface area contributed by atoms with Crippen LogP contribution in [0.15, 0.2) is 73.6 Å². The first-order valence-electron chi connectivity index (χ1n) is 12.0. The smallest absolute Gasteiger partial charge is 0.543 e. The number of nitrogens with zero attached hydrogens (tertiary/aromatic N) is 3. The molecule has 0 unspecified atom stereocenters. The number of hydrogen-bond donors (Lipinski definition) is 0. The zero-order valence-corrected chi connectivity index (χ0v) is 28.9. The predicted molar refractivity (Wildman–Crippen MR) is 156 cm³/mol. The average Bonchev–Trinajstić information content (AvgIpc) is 3.00. The Hall–Kier alpha value is -5.96. The molecule has 3 aromatic heterocycles. The van der Waals surface area contributed by atoms with E-state index in [0.717, 1.165) is 0 Å². The third-order valence-electron chi connectivity index (χ3n) is 4.15. The topological polar surface area (TPSA) is 419 Å². The molecule has 0 atom stereocenters. The minimum atomic E-state index is -2.19. The molecule has 0 fully saturated rings. The van der Waals surface area contributed by atoms with Crippen molar-refractivity contribution in [2.45, 2.75) is 0 Å². The van der Waals surface area contributed by atoms with Gasteiger partial charge in [0.05, 0.1) is 35.8 Å². The van der Waals surface area contributed by atoms with Crippen LogP contribution in [-0.2, 0) is 46.1 Å². The van der Waals surface area contributed by atoms with Crippen molar-refractivity contribution in [3.8, 4) is 0 Å². The summed E-state index contributed by atoms with van der Waals surface area (Å²) in [5.41, 5.74) is 3.65. The molecule has 281 valence electrons. The summed E-state index contributed by atoms with van der Waals surface area (Å²) in [6, 6.07) is 12.2. The van der Waals surface area contributed by atoms with E-state index in [4.69, 9.17) is 59.4 Å². The fraction of sp³-hybridized carbons (Fsp3) is 0.222. The van der Waals surface area contributed by atoms with Crippen LogP contribution in [0.4, 0.5) is 17.1 Å². The minimum absolute atomic E-state index is 0. The maximum Gasteiger partial charge on any atom is 3.00 e. The number of carboxylic acid groups (broad SMARTS) is 6. The SMILES string of the molecule is CN(C)c1cc[nH+]cc1.CN(C)c1cc[nH+]cc1.CN(C)c1cc[nH+]cc1.O.O.O.O.O=C([O-])C(=O)[O-].O=C([O-])C(=O)[O-].O=C([O-])C(=O)[O-].[Cr+3]. The Morgan fingerprint density at radius 1 is 0.380 bits per heavy atom. The fourth-order valence-corrected chi connectivity index (χ4v) is 2.03. The number of carboxylic acids is 6. The molecule has 11 N–H and O–H groups in total. The van der Waals surface area contributed by atoms with Gasteiger partial charge in [-0.25, -0.2) is 15.0 Å². The van der Waals surface area contributed by atoms with Crippen LogP contribution in [0.5, 0.6) is 0 Å². The van der Waals surface area contributed by atoms with Crippen LogP contribution >= 0.6 is 0 Å². The van der Waals surface area contributed by atoms with E-state index in [9.17, 15) is 0 Å². The number of pyridine rings is 3. The van der Waals surface area contributed by atoms with Crippen molar-refractivity contribution in [2.75, 3.05) is 57.0 Å². The number of aliphatic carboxylic acids is 6. The number of nitrogens with one attached hydrogen (secondary N) is 3. The first-order valence-corrected chi connectivity index (χ1v) is 12.0. The van der Waals surface area contributed by atoms with Crippen molar-refractivity contribution in [1.82, 2.24) is 0 Å². The van der Waals surface area contributed by atoms with Gasteiger partial charge in [-0.3, -0.25) is 0 Å². The summed E-state index contributed by atoms with van der Waals surface area (Å²) < 4.78 is 0. The van der Waals surface area contributed by atoms with E-state index in [1.807, 2.05) is 116 Å². The molecule has 0 bridgehead atoms. The van der Waals surface area contributed by atoms with E-state index in [2.05, 4.69) is 29.7 Å². The maximum atomic E-state index is 8.93. The molecule has 23 heteroatoms. The van der Waals surface area contributed by atoms with Crippen LogP contribution in [0, 0.1) is 0 Å². The van der Waals surface area contributed by atoms with Gasteiger partial charge in [-0.2, -0.15) is 0 Å². The second-order valence-electron chi connectivity index (χ2n) is 8.18. The number of aromatic nitrogens is 3. The quantitative estimate of drug-likeness (QED) is 0.224. The van der Waals surface area contributed by atoms with E-state index >= 15 is 0 Å². The van der Waals surface area contributed by atoms with Gasteiger partial charge in [0, 0.05) is 95.7 Å². The Morgan fingerprint density at radius 2 is 0.500 bits per heavy atom. The van der Waals surface area contributed by atoms with Gasteiger partial charge >= 0.3 is 17.4 Å². The van der Waals surface area contributed by atoms with Gasteiger partial charge in [0.1, 0.15) is 0 Å². The number of hydrogen-bond acceptors (Lipinski definition) is 15. The van der Waals surface area contributed by atoms with Crippen LogP contribution in [0.2, 0.25) is 0 Å². The third kappa shape index (κ3) is 40.1. The van der Waals surface area contributed by atoms with Crippen molar-refractivity contribution in [3.63, 3.8) is 0 Å². The Kier molecular flexibility index (Phi) is 47.1. The molecule has 0 amide bonds. The van der Waals surface area contributed by atoms with Crippen LogP contribution in [0.25, 0.3) is 0 Å². The molecule has 0 aliphatic rings. The average molecular weight is 758 g/mol. The molecule has 1 radical (unpaired) electrons. The second kappa shape index (κ2) is 37.5. The zero-order valence-electron chi connectivity index (χ0n) is 27.6. The van der Waals surface area contributed by atoms with Crippen molar-refractivity contribution in [3.05, 3.63) is 73.6 Å². The summed E-state index contributed by atoms with van der Waals surface area (Å²) >= 11 is 0. The van der Waals surface area contributed by atoms with Crippen LogP contribution in [-0.4, -0.2) is 100 Å². The molecule has 0 spiro atoms. The largest absolute Gasteiger partial charge is 3.00 e. The van der Waals surface area contributed by atoms with Gasteiger partial charge in [0.2, 0.25) is 0 Å². The Bertz CT molecular complexity index is 1110. The van der Waals surface area contributed by atoms with E-state index in [1.54, 1.807) is 0 Å². The monoisotopic (exact) mass is 757 g/mol. The molecule has 0 aliphatic carbocycles. The Balaban J connectivity index is -0.0000000700. The molecule has 3 aromatic rings. The maximum absolute atomic E-state index is 8.93. The van der Waals surface area contributed by atoms with E-state index in [0.29, 0.717) is 0 Å². The van der Waals surface area contributed by atoms with Crippen molar-refractivity contribution in [2.24, 2.45) is 0 Å². The summed E-state index contributed by atoms with van der Waals surface area (Å²) in [5, 5.41) is 53.6. The number of anilines is 3. The molecule has 0 saturated carbocycles. The van der Waals surface area contributed by atoms with E-state index < -0.39 is 35.8 Å². The number of carbonyl (C=O) groups excluding carboxylic acids is 6. The minimum Gasteiger partial charge on any atom is -0.543 e. The Labute approximate surface area is 296 Å². The number of H-pyrrole nitrogens is 3. The number of aromatic amines is 3. The first-order chi connectivity index (χ1) is 20.8. The first kappa shape index (κ1) is 62.8. The normalized spacial score (nSPS) is 7.56. The van der Waals surface area contributed by atoms with E-state index in [1.165, 1.54) is 17.1 Å². The summed E-state index contributed by atoms with van der Waals surface area (Å²) in [6.45, 7) is 0. The third-order valence-corrected chi connectivity index (χ3v) is 4.15. The molecule has 0 aromatic carbocycles. The van der Waals surface area contributed by atoms with Crippen LogP contribution < -0.4 is 60.3 Å². The summed E-state index contributed by atoms with van der Waals surface area (Å²) in [6.07, 6.45) is 11.5. The van der Waals surface area contributed by atoms with Gasteiger partial charge in [-0.15, -0.1) is 0 Å². The zero-order chi connectivity index (χ0) is 35.5. The molecule has 50 heavy (non-hydrogen) atoms. The van der Waals surface area contributed by atoms with Gasteiger partial charge in [-0.1, -0.05) is 0 Å². The molecule has 3 heterocycles. The molecule has 0 aliphatic heterocycles. The number of rotatable bonds is 3. The fourth-order valence-electron chi connectivity index (χ4n) is 2.03. The standard InChI is InChI=1S/3C7H10N2.3C2H2O4.Cr.4H2O/c3*1-9(2)7-3-5-8-6-4-7;3*3-1(4)2(5)6;;;;;/h3*3-6H,1-2H3;3*(H,3,4)(H,5,6);;4*1H2/q;;;;;;+3;;;;/p-3. The molecule has 3 rings (SSSR count). The molecule has 22 nitrogen and oxygen atoms in total. The van der Waals surface area contributed by atoms with Gasteiger partial charge in [0.25, 0.3) is 0 Å². The van der Waals surface area contributed by atoms with Gasteiger partial charge in [-0.05, 0) is 0 Å². The van der Waals surface area contributed by atoms with Gasteiger partial charge in [0.15, 0.2) is 37.2 Å². The number of carbonyl (C=O) groups is 6. The molecule has 0 saturated heterocycles. The summed E-state index contributed by atoms with van der Waals surface area (Å²) in [7, 11) is 12.1.